The van der Waals surface area contributed by atoms with Gasteiger partial charge in [0.15, 0.2) is 0 Å². The first kappa shape index (κ1) is 16.7. The monoisotopic (exact) mass is 240 g/mol. The summed E-state index contributed by atoms with van der Waals surface area (Å²) >= 11 is 0. The highest BCUT2D eigenvalue weighted by Gasteiger charge is 2.14. The Morgan fingerprint density at radius 2 is 1.71 bits per heavy atom. The van der Waals surface area contributed by atoms with Gasteiger partial charge in [-0.1, -0.05) is 32.9 Å². The summed E-state index contributed by atoms with van der Waals surface area (Å²) in [6, 6.07) is 0. The average molecular weight is 240 g/mol. The second-order valence-electron chi connectivity index (χ2n) is 6.73. The minimum Gasteiger partial charge on any atom is -0.330 e. The van der Waals surface area contributed by atoms with Crippen LogP contribution in [0.3, 0.4) is 0 Å². The molecule has 2 nitrogen and oxygen atoms in total. The highest BCUT2D eigenvalue weighted by atomic mass is 14.9. The van der Waals surface area contributed by atoms with E-state index >= 15 is 0 Å². The Morgan fingerprint density at radius 1 is 1.06 bits per heavy atom. The van der Waals surface area contributed by atoms with Crippen molar-refractivity contribution in [2.24, 2.45) is 11.1 Å². The molecule has 0 atom stereocenters. The Hall–Kier alpha value is -0.340. The van der Waals surface area contributed by atoms with E-state index in [1.165, 1.54) is 6.42 Å². The molecule has 0 bridgehead atoms. The SMILES string of the molecule is CC(C)(C)C/C=C\CCC(C)(C)NCCCN. The molecule has 17 heavy (non-hydrogen) atoms. The number of hydrogen-bond acceptors (Lipinski definition) is 2. The molecule has 0 aliphatic rings. The zero-order valence-corrected chi connectivity index (χ0v) is 12.5. The van der Waals surface area contributed by atoms with Crippen molar-refractivity contribution in [3.05, 3.63) is 12.2 Å². The summed E-state index contributed by atoms with van der Waals surface area (Å²) in [7, 11) is 0. The lowest BCUT2D eigenvalue weighted by Crippen LogP contribution is -2.40. The van der Waals surface area contributed by atoms with Crippen LogP contribution in [0.4, 0.5) is 0 Å². The lowest BCUT2D eigenvalue weighted by atomic mass is 9.91. The van der Waals surface area contributed by atoms with Crippen molar-refractivity contribution in [1.29, 1.82) is 0 Å². The molecule has 2 heteroatoms. The summed E-state index contributed by atoms with van der Waals surface area (Å²) in [4.78, 5) is 0. The van der Waals surface area contributed by atoms with E-state index in [2.05, 4.69) is 52.1 Å². The lowest BCUT2D eigenvalue weighted by molar-refractivity contribution is 0.363. The third-order valence-electron chi connectivity index (χ3n) is 2.82. The van der Waals surface area contributed by atoms with Gasteiger partial charge in [0.05, 0.1) is 0 Å². The van der Waals surface area contributed by atoms with Gasteiger partial charge in [-0.2, -0.15) is 0 Å². The Kier molecular flexibility index (Phi) is 7.73. The van der Waals surface area contributed by atoms with E-state index in [0.717, 1.165) is 32.4 Å². The molecule has 0 unspecified atom stereocenters. The first-order valence-electron chi connectivity index (χ1n) is 6.87. The Labute approximate surface area is 108 Å². The third kappa shape index (κ3) is 11.9. The van der Waals surface area contributed by atoms with Crippen LogP contribution in [-0.4, -0.2) is 18.6 Å². The average Bonchev–Trinajstić information content (AvgIpc) is 2.15. The Bertz CT molecular complexity index is 211. The molecule has 0 aromatic heterocycles. The van der Waals surface area contributed by atoms with Crippen LogP contribution in [0.5, 0.6) is 0 Å². The Morgan fingerprint density at radius 3 is 2.24 bits per heavy atom. The normalized spacial score (nSPS) is 13.5. The van der Waals surface area contributed by atoms with Crippen LogP contribution in [0.2, 0.25) is 0 Å². The number of nitrogens with one attached hydrogen (secondary N) is 1. The fraction of sp³-hybridized carbons (Fsp3) is 0.867. The number of rotatable bonds is 8. The van der Waals surface area contributed by atoms with Gasteiger partial charge in [0.1, 0.15) is 0 Å². The molecule has 0 saturated carbocycles. The molecule has 0 aliphatic heterocycles. The number of allylic oxidation sites excluding steroid dienone is 2. The van der Waals surface area contributed by atoms with Crippen LogP contribution in [0.15, 0.2) is 12.2 Å². The van der Waals surface area contributed by atoms with Gasteiger partial charge in [0, 0.05) is 5.54 Å². The maximum absolute atomic E-state index is 5.49. The second kappa shape index (κ2) is 7.88. The van der Waals surface area contributed by atoms with Gasteiger partial charge in [-0.05, 0) is 58.0 Å². The van der Waals surface area contributed by atoms with Gasteiger partial charge in [0.2, 0.25) is 0 Å². The van der Waals surface area contributed by atoms with Gasteiger partial charge in [-0.3, -0.25) is 0 Å². The quantitative estimate of drug-likeness (QED) is 0.503. The summed E-state index contributed by atoms with van der Waals surface area (Å²) in [5, 5.41) is 3.55. The van der Waals surface area contributed by atoms with Gasteiger partial charge in [-0.15, -0.1) is 0 Å². The fourth-order valence-corrected chi connectivity index (χ4v) is 1.62. The molecule has 0 radical (unpaired) electrons. The highest BCUT2D eigenvalue weighted by Crippen LogP contribution is 2.19. The van der Waals surface area contributed by atoms with Crippen molar-refractivity contribution in [3.8, 4) is 0 Å². The van der Waals surface area contributed by atoms with Gasteiger partial charge < -0.3 is 11.1 Å². The zero-order chi connectivity index (χ0) is 13.4. The van der Waals surface area contributed by atoms with Crippen LogP contribution in [0.1, 0.15) is 60.3 Å². The molecular weight excluding hydrogens is 208 g/mol. The van der Waals surface area contributed by atoms with Crippen LogP contribution in [0, 0.1) is 5.41 Å². The van der Waals surface area contributed by atoms with E-state index in [9.17, 15) is 0 Å². The summed E-state index contributed by atoms with van der Waals surface area (Å²) in [6.45, 7) is 13.1. The largest absolute Gasteiger partial charge is 0.330 e. The van der Waals surface area contributed by atoms with E-state index in [0.29, 0.717) is 5.41 Å². The van der Waals surface area contributed by atoms with Gasteiger partial charge in [0.25, 0.3) is 0 Å². The van der Waals surface area contributed by atoms with E-state index < -0.39 is 0 Å². The van der Waals surface area contributed by atoms with Crippen LogP contribution in [0.25, 0.3) is 0 Å². The van der Waals surface area contributed by atoms with Gasteiger partial charge in [-0.25, -0.2) is 0 Å². The van der Waals surface area contributed by atoms with E-state index in [4.69, 9.17) is 5.73 Å². The van der Waals surface area contributed by atoms with E-state index in [1.807, 2.05) is 0 Å². The number of hydrogen-bond donors (Lipinski definition) is 2. The second-order valence-corrected chi connectivity index (χ2v) is 6.73. The van der Waals surface area contributed by atoms with Crippen LogP contribution >= 0.6 is 0 Å². The molecule has 0 aromatic rings. The standard InChI is InChI=1S/C15H32N2/c1-14(2,3)10-7-6-8-11-15(4,5)17-13-9-12-16/h6-7,17H,8-13,16H2,1-5H3/b7-6-. The molecule has 0 rings (SSSR count). The van der Waals surface area contributed by atoms with Crippen LogP contribution < -0.4 is 11.1 Å². The third-order valence-corrected chi connectivity index (χ3v) is 2.82. The highest BCUT2D eigenvalue weighted by molar-refractivity contribution is 4.89. The van der Waals surface area contributed by atoms with Crippen LogP contribution in [-0.2, 0) is 0 Å². The molecule has 0 heterocycles. The molecule has 0 aliphatic carbocycles. The molecule has 0 fully saturated rings. The fourth-order valence-electron chi connectivity index (χ4n) is 1.62. The van der Waals surface area contributed by atoms with Crippen molar-refractivity contribution >= 4 is 0 Å². The van der Waals surface area contributed by atoms with E-state index in [1.54, 1.807) is 0 Å². The summed E-state index contributed by atoms with van der Waals surface area (Å²) in [6.07, 6.45) is 9.18. The van der Waals surface area contributed by atoms with Crippen molar-refractivity contribution in [2.75, 3.05) is 13.1 Å². The van der Waals surface area contributed by atoms with Crippen molar-refractivity contribution < 1.29 is 0 Å². The Balaban J connectivity index is 3.71. The maximum Gasteiger partial charge on any atom is 0.0128 e. The minimum atomic E-state index is 0.223. The predicted molar refractivity (Wildman–Crippen MR) is 78.2 cm³/mol. The summed E-state index contributed by atoms with van der Waals surface area (Å²) < 4.78 is 0. The topological polar surface area (TPSA) is 38.0 Å². The summed E-state index contributed by atoms with van der Waals surface area (Å²) in [5.41, 5.74) is 6.12. The zero-order valence-electron chi connectivity index (χ0n) is 12.5. The predicted octanol–water partition coefficient (Wildman–Crippen LogP) is 3.48. The number of nitrogens with two attached hydrogens (primary N) is 1. The molecule has 0 saturated heterocycles. The smallest absolute Gasteiger partial charge is 0.0128 e. The molecule has 0 aromatic carbocycles. The minimum absolute atomic E-state index is 0.223. The van der Waals surface area contributed by atoms with Gasteiger partial charge >= 0.3 is 0 Å². The first-order chi connectivity index (χ1) is 7.77. The first-order valence-corrected chi connectivity index (χ1v) is 6.87. The molecule has 102 valence electrons. The maximum atomic E-state index is 5.49. The summed E-state index contributed by atoms with van der Waals surface area (Å²) in [5.74, 6) is 0. The molecular formula is C15H32N2. The lowest BCUT2D eigenvalue weighted by Gasteiger charge is -2.26. The molecule has 3 N–H and O–H groups in total. The molecule has 0 spiro atoms. The molecule has 0 amide bonds. The van der Waals surface area contributed by atoms with Crippen molar-refractivity contribution in [1.82, 2.24) is 5.32 Å². The van der Waals surface area contributed by atoms with E-state index in [-0.39, 0.29) is 5.54 Å². The van der Waals surface area contributed by atoms with Crippen molar-refractivity contribution in [2.45, 2.75) is 65.8 Å². The van der Waals surface area contributed by atoms with Crippen molar-refractivity contribution in [3.63, 3.8) is 0 Å².